The summed E-state index contributed by atoms with van der Waals surface area (Å²) in [6, 6.07) is 23.5. The van der Waals surface area contributed by atoms with E-state index in [1.54, 1.807) is 13.3 Å². The Hall–Kier alpha value is -4.72. The van der Waals surface area contributed by atoms with Crippen molar-refractivity contribution in [3.63, 3.8) is 0 Å². The second-order valence-corrected chi connectivity index (χ2v) is 10.4. The summed E-state index contributed by atoms with van der Waals surface area (Å²) in [5.74, 6) is 0.656. The van der Waals surface area contributed by atoms with Crippen LogP contribution >= 0.6 is 0 Å². The van der Waals surface area contributed by atoms with Crippen molar-refractivity contribution in [1.82, 2.24) is 20.0 Å². The van der Waals surface area contributed by atoms with E-state index in [0.29, 0.717) is 35.2 Å². The number of carbonyl (C=O) groups excluding carboxylic acids is 1. The molecule has 2 heterocycles. The molecule has 8 heteroatoms. The number of nitrogens with one attached hydrogen (secondary N) is 1. The number of carbonyl (C=O) groups is 1. The van der Waals surface area contributed by atoms with Crippen molar-refractivity contribution in [2.45, 2.75) is 32.6 Å². The number of benzene rings is 3. The van der Waals surface area contributed by atoms with Crippen LogP contribution in [0.5, 0.6) is 5.75 Å². The zero-order chi connectivity index (χ0) is 27.6. The van der Waals surface area contributed by atoms with Gasteiger partial charge in [-0.25, -0.2) is 9.97 Å². The number of aromatic nitrogens is 3. The Balaban J connectivity index is 1.47. The van der Waals surface area contributed by atoms with Gasteiger partial charge >= 0.3 is 0 Å². The second kappa shape index (κ2) is 10.6. The Morgan fingerprint density at radius 3 is 2.31 bits per heavy atom. The van der Waals surface area contributed by atoms with Gasteiger partial charge in [-0.15, -0.1) is 0 Å². The molecule has 5 rings (SSSR count). The molecule has 0 radical (unpaired) electrons. The van der Waals surface area contributed by atoms with Gasteiger partial charge in [0.1, 0.15) is 22.6 Å². The van der Waals surface area contributed by atoms with Crippen molar-refractivity contribution >= 4 is 40.1 Å². The molecule has 39 heavy (non-hydrogen) atoms. The normalized spacial score (nSPS) is 11.9. The van der Waals surface area contributed by atoms with Gasteiger partial charge in [0.25, 0.3) is 5.91 Å². The molecule has 0 saturated heterocycles. The van der Waals surface area contributed by atoms with Crippen molar-refractivity contribution in [3.8, 4) is 5.75 Å². The van der Waals surface area contributed by atoms with E-state index >= 15 is 0 Å². The van der Waals surface area contributed by atoms with Crippen LogP contribution in [0.4, 0.5) is 5.82 Å². The number of methoxy groups -OCH3 is 1. The molecule has 0 saturated carbocycles. The quantitative estimate of drug-likeness (QED) is 0.282. The highest BCUT2D eigenvalue weighted by Crippen LogP contribution is 2.28. The van der Waals surface area contributed by atoms with E-state index in [0.717, 1.165) is 16.9 Å². The minimum Gasteiger partial charge on any atom is -0.497 e. The standard InChI is InChI=1S/C31H32N6O2/c1-31(2,3)22-13-9-21(10-14-22)19-34-37-28(32)26(27-29(37)36-25-8-6-5-7-24(25)35-27)30(38)33-18-17-20-11-15-23(39-4)16-12-20/h5-16,19H,17-18,32H2,1-4H3,(H,33,38)/b34-19-. The summed E-state index contributed by atoms with van der Waals surface area (Å²) in [6.45, 7) is 6.96. The summed E-state index contributed by atoms with van der Waals surface area (Å²) in [5.41, 5.74) is 12.3. The van der Waals surface area contributed by atoms with Gasteiger partial charge in [-0.2, -0.15) is 9.78 Å². The van der Waals surface area contributed by atoms with Crippen molar-refractivity contribution < 1.29 is 9.53 Å². The maximum Gasteiger partial charge on any atom is 0.257 e. The number of rotatable bonds is 7. The van der Waals surface area contributed by atoms with Gasteiger partial charge in [0.15, 0.2) is 5.65 Å². The molecule has 0 atom stereocenters. The van der Waals surface area contributed by atoms with Crippen LogP contribution in [0.3, 0.4) is 0 Å². The zero-order valence-electron chi connectivity index (χ0n) is 22.6. The fourth-order valence-electron chi connectivity index (χ4n) is 4.38. The van der Waals surface area contributed by atoms with Crippen molar-refractivity contribution in [2.75, 3.05) is 19.4 Å². The van der Waals surface area contributed by atoms with Crippen LogP contribution < -0.4 is 15.8 Å². The third-order valence-electron chi connectivity index (χ3n) is 6.66. The van der Waals surface area contributed by atoms with E-state index in [1.165, 1.54) is 10.2 Å². The van der Waals surface area contributed by atoms with Gasteiger partial charge in [-0.05, 0) is 52.8 Å². The van der Waals surface area contributed by atoms with Crippen LogP contribution in [-0.2, 0) is 11.8 Å². The maximum absolute atomic E-state index is 13.4. The van der Waals surface area contributed by atoms with Crippen molar-refractivity contribution in [2.24, 2.45) is 5.10 Å². The van der Waals surface area contributed by atoms with Crippen LogP contribution in [-0.4, -0.2) is 40.4 Å². The smallest absolute Gasteiger partial charge is 0.257 e. The molecule has 2 aromatic heterocycles. The number of fused-ring (bicyclic) bond motifs is 2. The molecular weight excluding hydrogens is 488 g/mol. The van der Waals surface area contributed by atoms with Crippen LogP contribution in [0.25, 0.3) is 22.2 Å². The molecule has 0 aliphatic rings. The Labute approximate surface area is 227 Å². The lowest BCUT2D eigenvalue weighted by Crippen LogP contribution is -2.26. The second-order valence-electron chi connectivity index (χ2n) is 10.4. The minimum absolute atomic E-state index is 0.0585. The zero-order valence-corrected chi connectivity index (χ0v) is 22.6. The number of para-hydroxylation sites is 2. The lowest BCUT2D eigenvalue weighted by atomic mass is 9.87. The molecule has 8 nitrogen and oxygen atoms in total. The topological polar surface area (TPSA) is 107 Å². The summed E-state index contributed by atoms with van der Waals surface area (Å²) in [5, 5.41) is 7.60. The van der Waals surface area contributed by atoms with E-state index < -0.39 is 0 Å². The average Bonchev–Trinajstić information content (AvgIpc) is 3.20. The first-order valence-electron chi connectivity index (χ1n) is 12.9. The summed E-state index contributed by atoms with van der Waals surface area (Å²) in [4.78, 5) is 22.9. The maximum atomic E-state index is 13.4. The summed E-state index contributed by atoms with van der Waals surface area (Å²) < 4.78 is 6.70. The Morgan fingerprint density at radius 1 is 1.00 bits per heavy atom. The lowest BCUT2D eigenvalue weighted by molar-refractivity contribution is 0.0956. The molecule has 3 aromatic carbocycles. The number of nitrogens with two attached hydrogens (primary N) is 1. The highest BCUT2D eigenvalue weighted by Gasteiger charge is 2.24. The number of amides is 1. The SMILES string of the molecule is COc1ccc(CCNC(=O)c2c(N)n(/N=C\c3ccc(C(C)(C)C)cc3)c3nc4ccccc4nc23)cc1. The molecule has 5 aromatic rings. The Morgan fingerprint density at radius 2 is 1.67 bits per heavy atom. The Bertz CT molecular complexity index is 1660. The van der Waals surface area contributed by atoms with Gasteiger partial charge in [0.05, 0.1) is 24.4 Å². The molecule has 0 aliphatic heterocycles. The van der Waals surface area contributed by atoms with Crippen LogP contribution in [0.15, 0.2) is 77.9 Å². The molecule has 0 aliphatic carbocycles. The molecule has 3 N–H and O–H groups in total. The van der Waals surface area contributed by atoms with Gasteiger partial charge in [-0.1, -0.05) is 69.3 Å². The average molecular weight is 521 g/mol. The van der Waals surface area contributed by atoms with Crippen LogP contribution in [0.1, 0.15) is 47.8 Å². The van der Waals surface area contributed by atoms with E-state index in [9.17, 15) is 4.79 Å². The van der Waals surface area contributed by atoms with Crippen molar-refractivity contribution in [1.29, 1.82) is 0 Å². The predicted molar refractivity (Wildman–Crippen MR) is 157 cm³/mol. The molecule has 1 amide bonds. The van der Waals surface area contributed by atoms with E-state index in [2.05, 4.69) is 43.3 Å². The van der Waals surface area contributed by atoms with E-state index in [-0.39, 0.29) is 22.7 Å². The summed E-state index contributed by atoms with van der Waals surface area (Å²) in [7, 11) is 1.63. The molecular formula is C31H32N6O2. The molecule has 0 bridgehead atoms. The minimum atomic E-state index is -0.320. The number of hydrogen-bond acceptors (Lipinski definition) is 6. The van der Waals surface area contributed by atoms with Gasteiger partial charge in [0.2, 0.25) is 0 Å². The van der Waals surface area contributed by atoms with Crippen LogP contribution in [0, 0.1) is 0 Å². The third-order valence-corrected chi connectivity index (χ3v) is 6.66. The molecule has 0 spiro atoms. The first-order chi connectivity index (χ1) is 18.7. The monoisotopic (exact) mass is 520 g/mol. The molecule has 0 unspecified atom stereocenters. The number of anilines is 1. The Kier molecular flexibility index (Phi) is 7.02. The number of nitrogen functional groups attached to an aromatic ring is 1. The largest absolute Gasteiger partial charge is 0.497 e. The summed E-state index contributed by atoms with van der Waals surface area (Å²) >= 11 is 0. The molecule has 198 valence electrons. The predicted octanol–water partition coefficient (Wildman–Crippen LogP) is 5.33. The first kappa shape index (κ1) is 25.9. The molecule has 0 fully saturated rings. The fourth-order valence-corrected chi connectivity index (χ4v) is 4.38. The van der Waals surface area contributed by atoms with Crippen LogP contribution in [0.2, 0.25) is 0 Å². The van der Waals surface area contributed by atoms with E-state index in [4.69, 9.17) is 20.4 Å². The first-order valence-corrected chi connectivity index (χ1v) is 12.9. The number of ether oxygens (including phenoxy) is 1. The highest BCUT2D eigenvalue weighted by molar-refractivity contribution is 6.10. The van der Waals surface area contributed by atoms with Gasteiger partial charge in [0, 0.05) is 6.54 Å². The highest BCUT2D eigenvalue weighted by atomic mass is 16.5. The third kappa shape index (κ3) is 5.45. The number of hydrogen-bond donors (Lipinski definition) is 2. The number of nitrogens with zero attached hydrogens (tertiary/aromatic N) is 4. The van der Waals surface area contributed by atoms with Gasteiger partial charge < -0.3 is 15.8 Å². The lowest BCUT2D eigenvalue weighted by Gasteiger charge is -2.18. The van der Waals surface area contributed by atoms with E-state index in [1.807, 2.05) is 60.7 Å². The summed E-state index contributed by atoms with van der Waals surface area (Å²) in [6.07, 6.45) is 2.37. The fraction of sp³-hybridized carbons (Fsp3) is 0.226. The van der Waals surface area contributed by atoms with Crippen molar-refractivity contribution in [3.05, 3.63) is 95.1 Å². The van der Waals surface area contributed by atoms with Gasteiger partial charge in [-0.3, -0.25) is 4.79 Å².